The molecule has 0 saturated heterocycles. The largest absolute Gasteiger partial charge is 0.197 e. The predicted octanol–water partition coefficient (Wildman–Crippen LogP) is 2.99. The minimum atomic E-state index is 0.0828. The Kier molecular flexibility index (Phi) is 0.875. The highest BCUT2D eigenvalue weighted by atomic mass is 15.5. The molecule has 2 nitrogen and oxygen atoms in total. The van der Waals surface area contributed by atoms with Crippen LogP contribution < -0.4 is 0 Å². The summed E-state index contributed by atoms with van der Waals surface area (Å²) in [6, 6.07) is 0. The van der Waals surface area contributed by atoms with Gasteiger partial charge in [-0.3, -0.25) is 0 Å². The predicted molar refractivity (Wildman–Crippen MR) is 46.8 cm³/mol. The van der Waals surface area contributed by atoms with Gasteiger partial charge in [-0.25, -0.2) is 0 Å². The summed E-state index contributed by atoms with van der Waals surface area (Å²) in [6.07, 6.45) is 3.96. The first kappa shape index (κ1) is 7.05. The molecule has 2 bridgehead atoms. The zero-order chi connectivity index (χ0) is 8.61. The highest BCUT2D eigenvalue weighted by molar-refractivity contribution is 5.23. The van der Waals surface area contributed by atoms with Crippen LogP contribution in [0.1, 0.15) is 40.0 Å². The number of hydrogen-bond acceptors (Lipinski definition) is 2. The van der Waals surface area contributed by atoms with E-state index in [1.165, 1.54) is 19.3 Å². The molecule has 66 valence electrons. The summed E-state index contributed by atoms with van der Waals surface area (Å²) in [7, 11) is 0. The first-order valence-electron chi connectivity index (χ1n) is 4.96. The SMILES string of the molecule is CC1(C)C2CCC1(C)C1(C2)N=N1. The van der Waals surface area contributed by atoms with Crippen LogP contribution in [0.5, 0.6) is 0 Å². The van der Waals surface area contributed by atoms with Gasteiger partial charge >= 0.3 is 0 Å². The summed E-state index contributed by atoms with van der Waals surface area (Å²) in [5.74, 6) is 0.873. The van der Waals surface area contributed by atoms with E-state index in [1.54, 1.807) is 0 Å². The van der Waals surface area contributed by atoms with E-state index in [-0.39, 0.29) is 5.66 Å². The van der Waals surface area contributed by atoms with E-state index in [2.05, 4.69) is 31.0 Å². The van der Waals surface area contributed by atoms with Crippen LogP contribution in [-0.4, -0.2) is 5.66 Å². The maximum Gasteiger partial charge on any atom is 0.197 e. The van der Waals surface area contributed by atoms with Crippen LogP contribution in [0, 0.1) is 16.7 Å². The van der Waals surface area contributed by atoms with Crippen LogP contribution in [0.15, 0.2) is 10.2 Å². The Balaban J connectivity index is 2.12. The van der Waals surface area contributed by atoms with E-state index in [1.807, 2.05) is 0 Å². The third-order valence-electron chi connectivity index (χ3n) is 5.19. The topological polar surface area (TPSA) is 24.7 Å². The normalized spacial score (nSPS) is 50.4. The molecule has 0 amide bonds. The third-order valence-corrected chi connectivity index (χ3v) is 5.19. The lowest BCUT2D eigenvalue weighted by atomic mass is 9.68. The van der Waals surface area contributed by atoms with E-state index < -0.39 is 0 Å². The number of nitrogens with zero attached hydrogens (tertiary/aromatic N) is 2. The minimum absolute atomic E-state index is 0.0828. The van der Waals surface area contributed by atoms with Crippen LogP contribution in [0.2, 0.25) is 0 Å². The lowest BCUT2D eigenvalue weighted by Gasteiger charge is -2.36. The standard InChI is InChI=1S/C10H16N2/c1-8(2)7-4-5-9(8,3)10(6-7)11-12-10/h7H,4-6H2,1-3H3. The van der Waals surface area contributed by atoms with Gasteiger partial charge in [-0.15, -0.1) is 0 Å². The summed E-state index contributed by atoms with van der Waals surface area (Å²) in [4.78, 5) is 0. The molecule has 3 rings (SSSR count). The zero-order valence-electron chi connectivity index (χ0n) is 8.09. The monoisotopic (exact) mass is 164 g/mol. The van der Waals surface area contributed by atoms with Gasteiger partial charge in [-0.2, -0.15) is 10.2 Å². The fourth-order valence-corrected chi connectivity index (χ4v) is 3.60. The molecule has 0 aromatic heterocycles. The lowest BCUT2D eigenvalue weighted by Crippen LogP contribution is -2.37. The Morgan fingerprint density at radius 2 is 1.83 bits per heavy atom. The Bertz CT molecular complexity index is 274. The average molecular weight is 164 g/mol. The van der Waals surface area contributed by atoms with Crippen molar-refractivity contribution in [1.82, 2.24) is 0 Å². The van der Waals surface area contributed by atoms with Crippen molar-refractivity contribution in [2.24, 2.45) is 27.0 Å². The van der Waals surface area contributed by atoms with Crippen molar-refractivity contribution in [2.75, 3.05) is 0 Å². The van der Waals surface area contributed by atoms with Crippen molar-refractivity contribution >= 4 is 0 Å². The van der Waals surface area contributed by atoms with E-state index in [0.29, 0.717) is 10.8 Å². The van der Waals surface area contributed by atoms with Crippen molar-refractivity contribution in [2.45, 2.75) is 45.7 Å². The maximum atomic E-state index is 4.31. The maximum absolute atomic E-state index is 4.31. The van der Waals surface area contributed by atoms with Gasteiger partial charge in [-0.05, 0) is 24.2 Å². The average Bonchev–Trinajstić information content (AvgIpc) is 2.69. The summed E-state index contributed by atoms with van der Waals surface area (Å²) in [6.45, 7) is 7.20. The van der Waals surface area contributed by atoms with Crippen LogP contribution >= 0.6 is 0 Å². The molecular weight excluding hydrogens is 148 g/mol. The van der Waals surface area contributed by atoms with Crippen LogP contribution in [0.25, 0.3) is 0 Å². The van der Waals surface area contributed by atoms with Crippen LogP contribution in [0.4, 0.5) is 0 Å². The minimum Gasteiger partial charge on any atom is -0.158 e. The van der Waals surface area contributed by atoms with Crippen LogP contribution in [0.3, 0.4) is 0 Å². The number of fused-ring (bicyclic) bond motifs is 3. The number of rotatable bonds is 0. The second-order valence-electron chi connectivity index (χ2n) is 5.51. The van der Waals surface area contributed by atoms with E-state index in [9.17, 15) is 0 Å². The molecule has 2 atom stereocenters. The van der Waals surface area contributed by atoms with Gasteiger partial charge in [-0.1, -0.05) is 20.8 Å². The van der Waals surface area contributed by atoms with Gasteiger partial charge in [0, 0.05) is 11.8 Å². The molecule has 2 heteroatoms. The Morgan fingerprint density at radius 3 is 2.08 bits per heavy atom. The zero-order valence-corrected chi connectivity index (χ0v) is 8.09. The molecule has 2 aliphatic carbocycles. The molecule has 12 heavy (non-hydrogen) atoms. The Hall–Kier alpha value is -0.400. The van der Waals surface area contributed by atoms with Gasteiger partial charge in [0.25, 0.3) is 0 Å². The van der Waals surface area contributed by atoms with Gasteiger partial charge in [0.05, 0.1) is 0 Å². The quantitative estimate of drug-likeness (QED) is 0.526. The molecule has 0 N–H and O–H groups in total. The summed E-state index contributed by atoms with van der Waals surface area (Å²) in [5, 5.41) is 8.62. The summed E-state index contributed by atoms with van der Waals surface area (Å²) in [5.41, 5.74) is 0.931. The summed E-state index contributed by atoms with van der Waals surface area (Å²) >= 11 is 0. The highest BCUT2D eigenvalue weighted by Gasteiger charge is 2.73. The van der Waals surface area contributed by atoms with Crippen LogP contribution in [-0.2, 0) is 0 Å². The first-order valence-corrected chi connectivity index (χ1v) is 4.96. The molecule has 2 saturated carbocycles. The second-order valence-corrected chi connectivity index (χ2v) is 5.51. The van der Waals surface area contributed by atoms with Gasteiger partial charge in [0.2, 0.25) is 0 Å². The van der Waals surface area contributed by atoms with Crippen molar-refractivity contribution in [3.63, 3.8) is 0 Å². The Labute approximate surface area is 73.5 Å². The smallest absolute Gasteiger partial charge is 0.158 e. The molecule has 3 aliphatic rings. The molecule has 0 aromatic carbocycles. The summed E-state index contributed by atoms with van der Waals surface area (Å²) < 4.78 is 0. The fraction of sp³-hybridized carbons (Fsp3) is 1.00. The van der Waals surface area contributed by atoms with Crippen molar-refractivity contribution in [1.29, 1.82) is 0 Å². The Morgan fingerprint density at radius 1 is 1.17 bits per heavy atom. The van der Waals surface area contributed by atoms with E-state index in [4.69, 9.17) is 0 Å². The molecule has 0 radical (unpaired) electrons. The van der Waals surface area contributed by atoms with Gasteiger partial charge in [0.15, 0.2) is 5.66 Å². The lowest BCUT2D eigenvalue weighted by molar-refractivity contribution is 0.118. The van der Waals surface area contributed by atoms with Crippen molar-refractivity contribution in [3.05, 3.63) is 0 Å². The molecule has 2 fully saturated rings. The van der Waals surface area contributed by atoms with Gasteiger partial charge in [0.1, 0.15) is 0 Å². The second kappa shape index (κ2) is 1.49. The molecular formula is C10H16N2. The molecule has 2 unspecified atom stereocenters. The highest BCUT2D eigenvalue weighted by Crippen LogP contribution is 2.74. The number of hydrogen-bond donors (Lipinski definition) is 0. The first-order chi connectivity index (χ1) is 5.52. The van der Waals surface area contributed by atoms with E-state index in [0.717, 1.165) is 5.92 Å². The van der Waals surface area contributed by atoms with Gasteiger partial charge < -0.3 is 0 Å². The molecule has 1 heterocycles. The third kappa shape index (κ3) is 0.453. The van der Waals surface area contributed by atoms with E-state index >= 15 is 0 Å². The molecule has 1 aliphatic heterocycles. The molecule has 1 spiro atoms. The van der Waals surface area contributed by atoms with Crippen molar-refractivity contribution < 1.29 is 0 Å². The fourth-order valence-electron chi connectivity index (χ4n) is 3.60. The van der Waals surface area contributed by atoms with Crippen molar-refractivity contribution in [3.8, 4) is 0 Å². The molecule has 0 aromatic rings.